The van der Waals surface area contributed by atoms with Crippen LogP contribution in [0, 0.1) is 17.8 Å². The Morgan fingerprint density at radius 2 is 2.00 bits per heavy atom. The first-order chi connectivity index (χ1) is 9.15. The molecule has 5 unspecified atom stereocenters. The normalized spacial score (nSPS) is 41.9. The number of carbonyl (C=O) groups excluding carboxylic acids is 3. The van der Waals surface area contributed by atoms with Crippen LogP contribution in [0.5, 0.6) is 0 Å². The third kappa shape index (κ3) is 1.56. The van der Waals surface area contributed by atoms with E-state index in [1.807, 2.05) is 0 Å². The third-order valence-corrected chi connectivity index (χ3v) is 4.64. The summed E-state index contributed by atoms with van der Waals surface area (Å²) in [4.78, 5) is 35.6. The number of epoxide rings is 1. The fourth-order valence-electron chi connectivity index (χ4n) is 3.67. The lowest BCUT2D eigenvalue weighted by Crippen LogP contribution is -2.36. The molecule has 0 aromatic carbocycles. The van der Waals surface area contributed by atoms with Crippen LogP contribution in [0.25, 0.3) is 0 Å². The largest absolute Gasteiger partial charge is 0.443 e. The van der Waals surface area contributed by atoms with Crippen LogP contribution in [0.15, 0.2) is 12.2 Å². The minimum Gasteiger partial charge on any atom is -0.443 e. The molecule has 2 saturated carbocycles. The number of esters is 1. The first-order valence-corrected chi connectivity index (χ1v) is 6.51. The molecule has 3 fully saturated rings. The summed E-state index contributed by atoms with van der Waals surface area (Å²) in [7, 11) is 0. The lowest BCUT2D eigenvalue weighted by molar-refractivity contribution is -0.159. The maximum atomic E-state index is 12.0. The van der Waals surface area contributed by atoms with Gasteiger partial charge in [0.15, 0.2) is 6.73 Å². The summed E-state index contributed by atoms with van der Waals surface area (Å²) in [6.45, 7) is -0.285. The molecule has 0 spiro atoms. The molecule has 0 aromatic rings. The highest BCUT2D eigenvalue weighted by Crippen LogP contribution is 2.58. The molecule has 0 radical (unpaired) electrons. The van der Waals surface area contributed by atoms with E-state index < -0.39 is 11.8 Å². The average molecular weight is 263 g/mol. The van der Waals surface area contributed by atoms with Crippen LogP contribution in [0.4, 0.5) is 0 Å². The van der Waals surface area contributed by atoms with Gasteiger partial charge in [0, 0.05) is 18.1 Å². The number of fused-ring (bicyclic) bond motifs is 5. The Labute approximate surface area is 109 Å². The van der Waals surface area contributed by atoms with Crippen LogP contribution in [-0.2, 0) is 23.9 Å². The second-order valence-corrected chi connectivity index (χ2v) is 5.60. The smallest absolute Gasteiger partial charge is 0.311 e. The predicted molar refractivity (Wildman–Crippen MR) is 60.3 cm³/mol. The van der Waals surface area contributed by atoms with Crippen molar-refractivity contribution in [1.29, 1.82) is 0 Å². The maximum Gasteiger partial charge on any atom is 0.311 e. The molecule has 100 valence electrons. The summed E-state index contributed by atoms with van der Waals surface area (Å²) < 4.78 is 10.6. The van der Waals surface area contributed by atoms with Crippen LogP contribution in [-0.4, -0.2) is 41.6 Å². The number of rotatable bonds is 3. The molecule has 19 heavy (non-hydrogen) atoms. The van der Waals surface area contributed by atoms with E-state index in [1.54, 1.807) is 0 Å². The van der Waals surface area contributed by atoms with E-state index in [2.05, 4.69) is 0 Å². The molecule has 4 aliphatic rings. The Bertz CT molecular complexity index is 495. The third-order valence-electron chi connectivity index (χ3n) is 4.64. The Morgan fingerprint density at radius 1 is 1.26 bits per heavy atom. The van der Waals surface area contributed by atoms with Crippen molar-refractivity contribution in [3.8, 4) is 0 Å². The SMILES string of the molecule is O=C(OCN1C(=O)C=CC1=O)C1CC2CC1C1OC21. The van der Waals surface area contributed by atoms with Crippen molar-refractivity contribution in [2.75, 3.05) is 6.73 Å². The van der Waals surface area contributed by atoms with Crippen molar-refractivity contribution in [3.05, 3.63) is 12.2 Å². The molecule has 2 aliphatic carbocycles. The molecule has 6 heteroatoms. The average Bonchev–Trinajstić information content (AvgIpc) is 2.86. The van der Waals surface area contributed by atoms with Gasteiger partial charge < -0.3 is 9.47 Å². The van der Waals surface area contributed by atoms with Gasteiger partial charge in [0.05, 0.1) is 18.1 Å². The lowest BCUT2D eigenvalue weighted by atomic mass is 9.89. The van der Waals surface area contributed by atoms with E-state index in [4.69, 9.17) is 9.47 Å². The molecule has 2 aliphatic heterocycles. The van der Waals surface area contributed by atoms with E-state index in [0.717, 1.165) is 17.7 Å². The summed E-state index contributed by atoms with van der Waals surface area (Å²) in [6, 6.07) is 0. The lowest BCUT2D eigenvalue weighted by Gasteiger charge is -2.20. The quantitative estimate of drug-likeness (QED) is 0.401. The summed E-state index contributed by atoms with van der Waals surface area (Å²) in [6.07, 6.45) is 4.82. The van der Waals surface area contributed by atoms with E-state index in [1.165, 1.54) is 12.2 Å². The topological polar surface area (TPSA) is 76.2 Å². The van der Waals surface area contributed by atoms with Gasteiger partial charge in [-0.25, -0.2) is 4.90 Å². The maximum absolute atomic E-state index is 12.0. The minimum atomic E-state index is -0.434. The van der Waals surface area contributed by atoms with Crippen molar-refractivity contribution < 1.29 is 23.9 Å². The summed E-state index contributed by atoms with van der Waals surface area (Å²) in [5.41, 5.74) is 0. The number of amides is 2. The number of hydrogen-bond donors (Lipinski definition) is 0. The van der Waals surface area contributed by atoms with Crippen LogP contribution < -0.4 is 0 Å². The van der Waals surface area contributed by atoms with Crippen molar-refractivity contribution >= 4 is 17.8 Å². The first-order valence-electron chi connectivity index (χ1n) is 6.51. The summed E-state index contributed by atoms with van der Waals surface area (Å²) in [5.74, 6) is -0.550. The Kier molecular flexibility index (Phi) is 2.15. The zero-order valence-electron chi connectivity index (χ0n) is 10.2. The van der Waals surface area contributed by atoms with E-state index in [9.17, 15) is 14.4 Å². The first kappa shape index (κ1) is 11.2. The molecule has 2 bridgehead atoms. The van der Waals surface area contributed by atoms with Crippen molar-refractivity contribution in [2.24, 2.45) is 17.8 Å². The molecule has 0 aromatic heterocycles. The van der Waals surface area contributed by atoms with Gasteiger partial charge in [-0.3, -0.25) is 14.4 Å². The molecule has 6 nitrogen and oxygen atoms in total. The molecule has 2 amide bonds. The Morgan fingerprint density at radius 3 is 2.63 bits per heavy atom. The molecule has 0 N–H and O–H groups in total. The molecule has 5 atom stereocenters. The summed E-state index contributed by atoms with van der Waals surface area (Å²) >= 11 is 0. The van der Waals surface area contributed by atoms with Gasteiger partial charge in [-0.05, 0) is 18.8 Å². The monoisotopic (exact) mass is 263 g/mol. The number of imide groups is 1. The number of ether oxygens (including phenoxy) is 2. The number of nitrogens with zero attached hydrogens (tertiary/aromatic N) is 1. The molecular formula is C13H13NO5. The standard InChI is InChI=1S/C13H13NO5/c15-9-1-2-10(16)14(9)5-18-13(17)8-4-6-3-7(8)12-11(6)19-12/h1-2,6-8,11-12H,3-5H2. The van der Waals surface area contributed by atoms with E-state index in [-0.39, 0.29) is 30.6 Å². The van der Waals surface area contributed by atoms with Crippen molar-refractivity contribution in [1.82, 2.24) is 4.90 Å². The van der Waals surface area contributed by atoms with E-state index in [0.29, 0.717) is 12.0 Å². The Hall–Kier alpha value is -1.69. The van der Waals surface area contributed by atoms with Crippen LogP contribution in [0.3, 0.4) is 0 Å². The fraction of sp³-hybridized carbons (Fsp3) is 0.615. The van der Waals surface area contributed by atoms with Crippen molar-refractivity contribution in [2.45, 2.75) is 25.0 Å². The van der Waals surface area contributed by atoms with E-state index >= 15 is 0 Å². The highest BCUT2D eigenvalue weighted by Gasteiger charge is 2.64. The van der Waals surface area contributed by atoms with Gasteiger partial charge in [-0.2, -0.15) is 0 Å². The second kappa shape index (κ2) is 3.66. The van der Waals surface area contributed by atoms with Gasteiger partial charge in [0.1, 0.15) is 0 Å². The van der Waals surface area contributed by atoms with Gasteiger partial charge >= 0.3 is 5.97 Å². The molecule has 1 saturated heterocycles. The van der Waals surface area contributed by atoms with Crippen LogP contribution in [0.2, 0.25) is 0 Å². The van der Waals surface area contributed by atoms with Gasteiger partial charge in [0.2, 0.25) is 0 Å². The fourth-order valence-corrected chi connectivity index (χ4v) is 3.67. The summed E-state index contributed by atoms with van der Waals surface area (Å²) in [5, 5.41) is 0. The Balaban J connectivity index is 1.35. The molecular weight excluding hydrogens is 250 g/mol. The van der Waals surface area contributed by atoms with Gasteiger partial charge in [0.25, 0.3) is 11.8 Å². The van der Waals surface area contributed by atoms with Crippen LogP contribution in [0.1, 0.15) is 12.8 Å². The molecule has 4 rings (SSSR count). The second-order valence-electron chi connectivity index (χ2n) is 5.60. The molecule has 2 heterocycles. The zero-order valence-corrected chi connectivity index (χ0v) is 10.2. The highest BCUT2D eigenvalue weighted by atomic mass is 16.6. The highest BCUT2D eigenvalue weighted by molar-refractivity contribution is 6.12. The predicted octanol–water partition coefficient (Wildman–Crippen LogP) is -0.165. The minimum absolute atomic E-state index is 0.130. The van der Waals surface area contributed by atoms with Gasteiger partial charge in [-0.1, -0.05) is 0 Å². The zero-order chi connectivity index (χ0) is 13.1. The van der Waals surface area contributed by atoms with Crippen LogP contribution >= 0.6 is 0 Å². The number of carbonyl (C=O) groups is 3. The van der Waals surface area contributed by atoms with Gasteiger partial charge in [-0.15, -0.1) is 0 Å². The number of hydrogen-bond acceptors (Lipinski definition) is 5. The van der Waals surface area contributed by atoms with Crippen molar-refractivity contribution in [3.63, 3.8) is 0 Å².